The van der Waals surface area contributed by atoms with E-state index in [1.807, 2.05) is 48.3 Å². The average Bonchev–Trinajstić information content (AvgIpc) is 3.08. The summed E-state index contributed by atoms with van der Waals surface area (Å²) in [6.45, 7) is 0.623. The van der Waals surface area contributed by atoms with Crippen molar-refractivity contribution in [1.29, 1.82) is 0 Å². The van der Waals surface area contributed by atoms with Gasteiger partial charge in [-0.3, -0.25) is 0 Å². The molecule has 6 heteroatoms. The smallest absolute Gasteiger partial charge is 0.127 e. The van der Waals surface area contributed by atoms with Crippen LogP contribution < -0.4 is 5.32 Å². The van der Waals surface area contributed by atoms with Crippen LogP contribution in [-0.2, 0) is 13.6 Å². The standard InChI is InChI=1S/C14H14ClN5/c1-19-8-6-16-14(19)10-17-12-9-11(15)3-4-13(12)20-7-2-5-18-20/h2-9,17H,10H2,1H3. The second kappa shape index (κ2) is 5.38. The fourth-order valence-electron chi connectivity index (χ4n) is 2.00. The van der Waals surface area contributed by atoms with Crippen LogP contribution in [0.2, 0.25) is 5.02 Å². The summed E-state index contributed by atoms with van der Waals surface area (Å²) in [5.41, 5.74) is 1.87. The Morgan fingerprint density at radius 3 is 2.85 bits per heavy atom. The monoisotopic (exact) mass is 287 g/mol. The van der Waals surface area contributed by atoms with Gasteiger partial charge >= 0.3 is 0 Å². The Balaban J connectivity index is 1.88. The molecule has 0 saturated heterocycles. The maximum Gasteiger partial charge on any atom is 0.127 e. The largest absolute Gasteiger partial charge is 0.376 e. The summed E-state index contributed by atoms with van der Waals surface area (Å²) >= 11 is 6.08. The number of aryl methyl sites for hydroxylation is 1. The number of hydrogen-bond acceptors (Lipinski definition) is 3. The molecule has 0 bridgehead atoms. The zero-order valence-corrected chi connectivity index (χ0v) is 11.7. The highest BCUT2D eigenvalue weighted by Crippen LogP contribution is 2.24. The van der Waals surface area contributed by atoms with E-state index < -0.39 is 0 Å². The van der Waals surface area contributed by atoms with Crippen LogP contribution in [0.4, 0.5) is 5.69 Å². The minimum Gasteiger partial charge on any atom is -0.376 e. The highest BCUT2D eigenvalue weighted by Gasteiger charge is 2.07. The zero-order valence-electron chi connectivity index (χ0n) is 11.0. The molecular formula is C14H14ClN5. The number of hydrogen-bond donors (Lipinski definition) is 1. The SMILES string of the molecule is Cn1ccnc1CNc1cc(Cl)ccc1-n1cccn1. The second-order valence-corrected chi connectivity index (χ2v) is 4.86. The van der Waals surface area contributed by atoms with Gasteiger partial charge in [0.25, 0.3) is 0 Å². The molecule has 0 amide bonds. The number of imidazole rings is 1. The molecule has 0 unspecified atom stereocenters. The minimum atomic E-state index is 0.623. The van der Waals surface area contributed by atoms with Crippen molar-refractivity contribution in [2.45, 2.75) is 6.54 Å². The van der Waals surface area contributed by atoms with Crippen molar-refractivity contribution in [2.75, 3.05) is 5.32 Å². The molecule has 0 aliphatic rings. The molecular weight excluding hydrogens is 274 g/mol. The first-order valence-electron chi connectivity index (χ1n) is 6.23. The lowest BCUT2D eigenvalue weighted by Crippen LogP contribution is -2.08. The molecule has 0 fully saturated rings. The van der Waals surface area contributed by atoms with Gasteiger partial charge in [-0.25, -0.2) is 9.67 Å². The molecule has 102 valence electrons. The fraction of sp³-hybridized carbons (Fsp3) is 0.143. The molecule has 20 heavy (non-hydrogen) atoms. The van der Waals surface area contributed by atoms with E-state index in [0.29, 0.717) is 11.6 Å². The third kappa shape index (κ3) is 2.53. The third-order valence-corrected chi connectivity index (χ3v) is 3.30. The van der Waals surface area contributed by atoms with E-state index in [9.17, 15) is 0 Å². The van der Waals surface area contributed by atoms with Crippen LogP contribution in [0.1, 0.15) is 5.82 Å². The summed E-state index contributed by atoms with van der Waals surface area (Å²) in [5.74, 6) is 0.955. The molecule has 2 heterocycles. The molecule has 0 aliphatic heterocycles. The van der Waals surface area contributed by atoms with Gasteiger partial charge in [-0.1, -0.05) is 11.6 Å². The van der Waals surface area contributed by atoms with Gasteiger partial charge in [0.05, 0.1) is 17.9 Å². The number of anilines is 1. The predicted molar refractivity (Wildman–Crippen MR) is 79.1 cm³/mol. The van der Waals surface area contributed by atoms with Gasteiger partial charge in [0, 0.05) is 36.9 Å². The molecule has 0 radical (unpaired) electrons. The van der Waals surface area contributed by atoms with Crippen LogP contribution in [0, 0.1) is 0 Å². The van der Waals surface area contributed by atoms with E-state index in [1.165, 1.54) is 0 Å². The summed E-state index contributed by atoms with van der Waals surface area (Å²) in [6, 6.07) is 7.57. The minimum absolute atomic E-state index is 0.623. The highest BCUT2D eigenvalue weighted by molar-refractivity contribution is 6.31. The van der Waals surface area contributed by atoms with Crippen LogP contribution in [0.5, 0.6) is 0 Å². The number of nitrogens with zero attached hydrogens (tertiary/aromatic N) is 4. The first-order chi connectivity index (χ1) is 9.74. The lowest BCUT2D eigenvalue weighted by Gasteiger charge is -2.12. The number of benzene rings is 1. The highest BCUT2D eigenvalue weighted by atomic mass is 35.5. The summed E-state index contributed by atoms with van der Waals surface area (Å²) in [5, 5.41) is 8.29. The van der Waals surface area contributed by atoms with E-state index in [0.717, 1.165) is 17.2 Å². The average molecular weight is 288 g/mol. The lowest BCUT2D eigenvalue weighted by molar-refractivity contribution is 0.810. The van der Waals surface area contributed by atoms with Crippen LogP contribution >= 0.6 is 11.6 Å². The van der Waals surface area contributed by atoms with Crippen LogP contribution in [0.3, 0.4) is 0 Å². The van der Waals surface area contributed by atoms with Gasteiger partial charge in [-0.2, -0.15) is 5.10 Å². The van der Waals surface area contributed by atoms with Crippen molar-refractivity contribution >= 4 is 17.3 Å². The predicted octanol–water partition coefficient (Wildman–Crippen LogP) is 2.87. The lowest BCUT2D eigenvalue weighted by atomic mass is 10.2. The van der Waals surface area contributed by atoms with Gasteiger partial charge in [-0.05, 0) is 24.3 Å². The molecule has 1 N–H and O–H groups in total. The summed E-state index contributed by atoms with van der Waals surface area (Å²) < 4.78 is 3.78. The molecule has 2 aromatic heterocycles. The van der Waals surface area contributed by atoms with Crippen molar-refractivity contribution in [1.82, 2.24) is 19.3 Å². The van der Waals surface area contributed by atoms with Crippen LogP contribution in [-0.4, -0.2) is 19.3 Å². The molecule has 3 aromatic rings. The maximum atomic E-state index is 6.08. The normalized spacial score (nSPS) is 10.7. The molecule has 3 rings (SSSR count). The van der Waals surface area contributed by atoms with Gasteiger partial charge in [0.1, 0.15) is 5.82 Å². The fourth-order valence-corrected chi connectivity index (χ4v) is 2.17. The van der Waals surface area contributed by atoms with Crippen molar-refractivity contribution in [3.63, 3.8) is 0 Å². The Kier molecular flexibility index (Phi) is 3.43. The number of rotatable bonds is 4. The summed E-state index contributed by atoms with van der Waals surface area (Å²) in [6.07, 6.45) is 7.35. The van der Waals surface area contributed by atoms with E-state index in [1.54, 1.807) is 17.1 Å². The van der Waals surface area contributed by atoms with E-state index >= 15 is 0 Å². The Hall–Kier alpha value is -2.27. The zero-order chi connectivity index (χ0) is 13.9. The quantitative estimate of drug-likeness (QED) is 0.803. The summed E-state index contributed by atoms with van der Waals surface area (Å²) in [7, 11) is 1.97. The maximum absolute atomic E-state index is 6.08. The molecule has 0 atom stereocenters. The van der Waals surface area contributed by atoms with Crippen molar-refractivity contribution in [3.05, 3.63) is 59.9 Å². The molecule has 0 saturated carbocycles. The number of halogens is 1. The molecule has 5 nitrogen and oxygen atoms in total. The third-order valence-electron chi connectivity index (χ3n) is 3.07. The van der Waals surface area contributed by atoms with Gasteiger partial charge in [0.15, 0.2) is 0 Å². The number of nitrogens with one attached hydrogen (secondary N) is 1. The van der Waals surface area contributed by atoms with Gasteiger partial charge < -0.3 is 9.88 Å². The summed E-state index contributed by atoms with van der Waals surface area (Å²) in [4.78, 5) is 4.29. The van der Waals surface area contributed by atoms with Crippen molar-refractivity contribution < 1.29 is 0 Å². The van der Waals surface area contributed by atoms with Gasteiger partial charge in [-0.15, -0.1) is 0 Å². The first-order valence-corrected chi connectivity index (χ1v) is 6.61. The second-order valence-electron chi connectivity index (χ2n) is 4.42. The Bertz CT molecular complexity index is 702. The Morgan fingerprint density at radius 2 is 2.15 bits per heavy atom. The van der Waals surface area contributed by atoms with E-state index in [4.69, 9.17) is 11.6 Å². The molecule has 0 spiro atoms. The van der Waals surface area contributed by atoms with Crippen LogP contribution in [0.15, 0.2) is 49.1 Å². The topological polar surface area (TPSA) is 47.7 Å². The van der Waals surface area contributed by atoms with E-state index in [-0.39, 0.29) is 0 Å². The van der Waals surface area contributed by atoms with Crippen molar-refractivity contribution in [3.8, 4) is 5.69 Å². The van der Waals surface area contributed by atoms with E-state index in [2.05, 4.69) is 15.4 Å². The van der Waals surface area contributed by atoms with Gasteiger partial charge in [0.2, 0.25) is 0 Å². The van der Waals surface area contributed by atoms with Crippen molar-refractivity contribution in [2.24, 2.45) is 7.05 Å². The Morgan fingerprint density at radius 1 is 1.25 bits per heavy atom. The molecule has 1 aromatic carbocycles. The number of aromatic nitrogens is 4. The Labute approximate surface area is 121 Å². The molecule has 0 aliphatic carbocycles. The van der Waals surface area contributed by atoms with Crippen LogP contribution in [0.25, 0.3) is 5.69 Å². The first kappa shape index (κ1) is 12.7.